The molecule has 22 heavy (non-hydrogen) atoms. The van der Waals surface area contributed by atoms with E-state index >= 15 is 0 Å². The maximum atomic E-state index is 12.4. The van der Waals surface area contributed by atoms with Gasteiger partial charge >= 0.3 is 0 Å². The quantitative estimate of drug-likeness (QED) is 0.814. The predicted molar refractivity (Wildman–Crippen MR) is 88.9 cm³/mol. The topological polar surface area (TPSA) is 64.3 Å². The highest BCUT2D eigenvalue weighted by Crippen LogP contribution is 2.39. The number of ether oxygens (including phenoxy) is 1. The summed E-state index contributed by atoms with van der Waals surface area (Å²) in [4.78, 5) is 12.4. The second kappa shape index (κ2) is 6.69. The zero-order chi connectivity index (χ0) is 16.3. The Hall–Kier alpha value is -1.55. The lowest BCUT2D eigenvalue weighted by molar-refractivity contribution is -0.129. The minimum absolute atomic E-state index is 0.102. The summed E-state index contributed by atoms with van der Waals surface area (Å²) in [6.07, 6.45) is 1.74. The number of hydrogen-bond acceptors (Lipinski definition) is 3. The summed E-state index contributed by atoms with van der Waals surface area (Å²) in [6, 6.07) is 7.92. The fraction of sp³-hybridized carbons (Fsp3) is 0.611. The molecular weight excluding hydrogens is 276 g/mol. The van der Waals surface area contributed by atoms with Gasteiger partial charge in [-0.25, -0.2) is 0 Å². The Balaban J connectivity index is 1.97. The van der Waals surface area contributed by atoms with Gasteiger partial charge in [-0.05, 0) is 56.2 Å². The van der Waals surface area contributed by atoms with Gasteiger partial charge in [-0.3, -0.25) is 4.79 Å². The van der Waals surface area contributed by atoms with Crippen LogP contribution in [0.5, 0.6) is 5.75 Å². The van der Waals surface area contributed by atoms with Crippen LogP contribution in [0.25, 0.3) is 0 Å². The smallest absolute Gasteiger partial charge is 0.261 e. The van der Waals surface area contributed by atoms with Crippen LogP contribution in [0.1, 0.15) is 52.0 Å². The molecule has 2 unspecified atom stereocenters. The maximum Gasteiger partial charge on any atom is 0.261 e. The molecule has 2 atom stereocenters. The fourth-order valence-electron chi connectivity index (χ4n) is 2.63. The number of amides is 1. The third-order valence-corrected chi connectivity index (χ3v) is 4.52. The average Bonchev–Trinajstić information content (AvgIpc) is 3.32. The number of carbonyl (C=O) groups is 1. The first-order valence-corrected chi connectivity index (χ1v) is 8.14. The standard InChI is InChI=1S/C18H28N2O2/c1-12(2)14-6-5-7-16(10-14)22-13(3)17(21)20-18(4,11-19)15-8-9-15/h5-7,10,12-13,15H,8-9,11,19H2,1-4H3,(H,20,21). The van der Waals surface area contributed by atoms with E-state index in [-0.39, 0.29) is 11.4 Å². The van der Waals surface area contributed by atoms with E-state index in [1.54, 1.807) is 6.92 Å². The Morgan fingerprint density at radius 1 is 1.41 bits per heavy atom. The second-order valence-electron chi connectivity index (χ2n) is 6.87. The van der Waals surface area contributed by atoms with E-state index in [0.717, 1.165) is 18.6 Å². The summed E-state index contributed by atoms with van der Waals surface area (Å²) in [5.74, 6) is 1.56. The van der Waals surface area contributed by atoms with Crippen molar-refractivity contribution in [3.05, 3.63) is 29.8 Å². The normalized spacial score (nSPS) is 18.6. The minimum Gasteiger partial charge on any atom is -0.481 e. The molecule has 1 aliphatic rings. The first kappa shape index (κ1) is 16.8. The average molecular weight is 304 g/mol. The summed E-state index contributed by atoms with van der Waals surface area (Å²) in [7, 11) is 0. The van der Waals surface area contributed by atoms with E-state index in [4.69, 9.17) is 10.5 Å². The number of carbonyl (C=O) groups excluding carboxylic acids is 1. The SMILES string of the molecule is CC(Oc1cccc(C(C)C)c1)C(=O)NC(C)(CN)C1CC1. The minimum atomic E-state index is -0.535. The molecule has 0 heterocycles. The van der Waals surface area contributed by atoms with Crippen LogP contribution < -0.4 is 15.8 Å². The molecule has 122 valence electrons. The Kier molecular flexibility index (Phi) is 5.12. The molecule has 4 nitrogen and oxygen atoms in total. The van der Waals surface area contributed by atoms with Crippen LogP contribution in [0.3, 0.4) is 0 Å². The predicted octanol–water partition coefficient (Wildman–Crippen LogP) is 2.82. The van der Waals surface area contributed by atoms with Gasteiger partial charge in [0.05, 0.1) is 5.54 Å². The molecule has 4 heteroatoms. The van der Waals surface area contributed by atoms with Crippen molar-refractivity contribution < 1.29 is 9.53 Å². The number of rotatable bonds is 7. The molecule has 0 aliphatic heterocycles. The Morgan fingerprint density at radius 2 is 2.09 bits per heavy atom. The summed E-state index contributed by atoms with van der Waals surface area (Å²) < 4.78 is 5.80. The molecule has 0 bridgehead atoms. The Bertz CT molecular complexity index is 526. The van der Waals surface area contributed by atoms with Gasteiger partial charge in [0.2, 0.25) is 0 Å². The van der Waals surface area contributed by atoms with E-state index in [2.05, 4.69) is 25.2 Å². The number of nitrogens with one attached hydrogen (secondary N) is 1. The summed E-state index contributed by atoms with van der Waals surface area (Å²) in [5, 5.41) is 3.07. The van der Waals surface area contributed by atoms with Crippen molar-refractivity contribution in [2.75, 3.05) is 6.54 Å². The summed E-state index contributed by atoms with van der Waals surface area (Å²) in [6.45, 7) is 8.53. The van der Waals surface area contributed by atoms with Gasteiger partial charge in [0.15, 0.2) is 6.10 Å². The van der Waals surface area contributed by atoms with Gasteiger partial charge in [-0.1, -0.05) is 26.0 Å². The Labute approximate surface area is 133 Å². The molecule has 2 rings (SSSR count). The largest absolute Gasteiger partial charge is 0.481 e. The van der Waals surface area contributed by atoms with Gasteiger partial charge in [0.25, 0.3) is 5.91 Å². The zero-order valence-electron chi connectivity index (χ0n) is 14.1. The lowest BCUT2D eigenvalue weighted by atomic mass is 9.95. The zero-order valence-corrected chi connectivity index (χ0v) is 14.1. The van der Waals surface area contributed by atoms with Crippen molar-refractivity contribution in [1.29, 1.82) is 0 Å². The molecule has 1 aromatic rings. The molecule has 1 amide bonds. The van der Waals surface area contributed by atoms with Crippen LogP contribution in [0.2, 0.25) is 0 Å². The van der Waals surface area contributed by atoms with Crippen molar-refractivity contribution >= 4 is 5.91 Å². The highest BCUT2D eigenvalue weighted by molar-refractivity contribution is 5.81. The van der Waals surface area contributed by atoms with Crippen molar-refractivity contribution in [2.24, 2.45) is 11.7 Å². The molecule has 0 saturated heterocycles. The molecule has 1 aliphatic carbocycles. The van der Waals surface area contributed by atoms with Gasteiger partial charge < -0.3 is 15.8 Å². The first-order chi connectivity index (χ1) is 10.4. The highest BCUT2D eigenvalue weighted by Gasteiger charge is 2.42. The first-order valence-electron chi connectivity index (χ1n) is 8.14. The molecule has 1 aromatic carbocycles. The van der Waals surface area contributed by atoms with Crippen LogP contribution in [0, 0.1) is 5.92 Å². The van der Waals surface area contributed by atoms with E-state index in [9.17, 15) is 4.79 Å². The lowest BCUT2D eigenvalue weighted by Gasteiger charge is -2.31. The molecular formula is C18H28N2O2. The monoisotopic (exact) mass is 304 g/mol. The van der Waals surface area contributed by atoms with Crippen LogP contribution in [-0.4, -0.2) is 24.1 Å². The maximum absolute atomic E-state index is 12.4. The van der Waals surface area contributed by atoms with Crippen LogP contribution in [0.4, 0.5) is 0 Å². The Morgan fingerprint density at radius 3 is 2.64 bits per heavy atom. The molecule has 0 aromatic heterocycles. The lowest BCUT2D eigenvalue weighted by Crippen LogP contribution is -2.56. The molecule has 0 radical (unpaired) electrons. The third-order valence-electron chi connectivity index (χ3n) is 4.52. The van der Waals surface area contributed by atoms with Gasteiger partial charge in [-0.2, -0.15) is 0 Å². The van der Waals surface area contributed by atoms with Crippen molar-refractivity contribution in [2.45, 2.75) is 58.1 Å². The summed E-state index contributed by atoms with van der Waals surface area (Å²) >= 11 is 0. The van der Waals surface area contributed by atoms with E-state index in [1.165, 1.54) is 5.56 Å². The van der Waals surface area contributed by atoms with Crippen LogP contribution in [-0.2, 0) is 4.79 Å². The summed E-state index contributed by atoms with van der Waals surface area (Å²) in [5.41, 5.74) is 6.74. The van der Waals surface area contributed by atoms with E-state index in [0.29, 0.717) is 18.4 Å². The van der Waals surface area contributed by atoms with E-state index in [1.807, 2.05) is 25.1 Å². The number of benzene rings is 1. The van der Waals surface area contributed by atoms with Gasteiger partial charge in [0, 0.05) is 6.54 Å². The molecule has 1 fully saturated rings. The van der Waals surface area contributed by atoms with Crippen LogP contribution in [0.15, 0.2) is 24.3 Å². The van der Waals surface area contributed by atoms with Crippen molar-refractivity contribution in [3.63, 3.8) is 0 Å². The molecule has 0 spiro atoms. The number of hydrogen-bond donors (Lipinski definition) is 2. The third kappa shape index (κ3) is 4.01. The second-order valence-corrected chi connectivity index (χ2v) is 6.87. The van der Waals surface area contributed by atoms with E-state index < -0.39 is 6.10 Å². The van der Waals surface area contributed by atoms with Gasteiger partial charge in [-0.15, -0.1) is 0 Å². The fourth-order valence-corrected chi connectivity index (χ4v) is 2.63. The van der Waals surface area contributed by atoms with Crippen molar-refractivity contribution in [1.82, 2.24) is 5.32 Å². The number of nitrogens with two attached hydrogens (primary N) is 1. The van der Waals surface area contributed by atoms with Crippen LogP contribution >= 0.6 is 0 Å². The highest BCUT2D eigenvalue weighted by atomic mass is 16.5. The molecule has 1 saturated carbocycles. The molecule has 3 N–H and O–H groups in total. The van der Waals surface area contributed by atoms with Gasteiger partial charge in [0.1, 0.15) is 5.75 Å². The van der Waals surface area contributed by atoms with Crippen molar-refractivity contribution in [3.8, 4) is 5.75 Å².